The Morgan fingerprint density at radius 3 is 2.89 bits per heavy atom. The highest BCUT2D eigenvalue weighted by molar-refractivity contribution is 9.10. The highest BCUT2D eigenvalue weighted by Gasteiger charge is 2.06. The minimum atomic E-state index is -0.0446. The molecule has 0 aromatic carbocycles. The lowest BCUT2D eigenvalue weighted by molar-refractivity contribution is -0.117. The molecule has 18 heavy (non-hydrogen) atoms. The van der Waals surface area contributed by atoms with E-state index in [4.69, 9.17) is 0 Å². The van der Waals surface area contributed by atoms with Gasteiger partial charge in [0, 0.05) is 10.7 Å². The summed E-state index contributed by atoms with van der Waals surface area (Å²) in [7, 11) is 3.86. The number of nitrogens with one attached hydrogen (secondary N) is 2. The van der Waals surface area contributed by atoms with Crippen molar-refractivity contribution in [2.24, 2.45) is 0 Å². The maximum absolute atomic E-state index is 11.7. The maximum atomic E-state index is 11.7. The molecule has 0 saturated carbocycles. The number of anilines is 1. The Kier molecular flexibility index (Phi) is 6.85. The molecule has 0 spiro atoms. The Hall–Kier alpha value is -0.980. The summed E-state index contributed by atoms with van der Waals surface area (Å²) in [5, 5.41) is 5.84. The van der Waals surface area contributed by atoms with Gasteiger partial charge in [-0.2, -0.15) is 0 Å². The second-order valence-corrected chi connectivity index (χ2v) is 5.02. The smallest absolute Gasteiger partial charge is 0.239 e. The van der Waals surface area contributed by atoms with Gasteiger partial charge in [0.1, 0.15) is 5.82 Å². The zero-order valence-electron chi connectivity index (χ0n) is 10.7. The first-order valence-corrected chi connectivity index (χ1v) is 6.65. The topological polar surface area (TPSA) is 57.3 Å². The van der Waals surface area contributed by atoms with Crippen molar-refractivity contribution in [2.75, 3.05) is 39.0 Å². The molecule has 2 N–H and O–H groups in total. The number of rotatable bonds is 7. The lowest BCUT2D eigenvalue weighted by Crippen LogP contribution is -2.32. The van der Waals surface area contributed by atoms with Gasteiger partial charge in [0.25, 0.3) is 0 Å². The summed E-state index contributed by atoms with van der Waals surface area (Å²) in [6, 6.07) is 3.61. The molecular formula is C12H19BrN4O. The van der Waals surface area contributed by atoms with E-state index in [-0.39, 0.29) is 5.91 Å². The number of amides is 1. The summed E-state index contributed by atoms with van der Waals surface area (Å²) in [5.74, 6) is 0.531. The van der Waals surface area contributed by atoms with E-state index in [0.29, 0.717) is 12.4 Å². The van der Waals surface area contributed by atoms with Crippen LogP contribution in [0.4, 0.5) is 5.82 Å². The number of hydrogen-bond donors (Lipinski definition) is 2. The first-order chi connectivity index (χ1) is 8.61. The molecule has 0 aliphatic rings. The standard InChI is InChI=1S/C12H19BrN4O/c1-14-6-3-7-17(2)9-12(18)16-11-5-4-10(13)8-15-11/h4-5,8,14H,3,6-7,9H2,1-2H3,(H,15,16,18). The van der Waals surface area contributed by atoms with Crippen LogP contribution in [0.2, 0.25) is 0 Å². The van der Waals surface area contributed by atoms with Gasteiger partial charge in [0.05, 0.1) is 6.54 Å². The highest BCUT2D eigenvalue weighted by Crippen LogP contribution is 2.10. The molecule has 1 amide bonds. The third-order valence-corrected chi connectivity index (χ3v) is 2.84. The van der Waals surface area contributed by atoms with Crippen molar-refractivity contribution in [1.29, 1.82) is 0 Å². The number of hydrogen-bond acceptors (Lipinski definition) is 4. The third kappa shape index (κ3) is 6.09. The average molecular weight is 315 g/mol. The Balaban J connectivity index is 2.30. The van der Waals surface area contributed by atoms with E-state index < -0.39 is 0 Å². The molecule has 0 aliphatic carbocycles. The van der Waals surface area contributed by atoms with E-state index in [1.807, 2.05) is 25.1 Å². The zero-order valence-corrected chi connectivity index (χ0v) is 12.3. The molecule has 1 aromatic heterocycles. The SMILES string of the molecule is CNCCCN(C)CC(=O)Nc1ccc(Br)cn1. The summed E-state index contributed by atoms with van der Waals surface area (Å²) in [4.78, 5) is 17.8. The molecule has 0 fully saturated rings. The van der Waals surface area contributed by atoms with Crippen LogP contribution in [-0.4, -0.2) is 49.5 Å². The van der Waals surface area contributed by atoms with Crippen molar-refractivity contribution in [3.63, 3.8) is 0 Å². The number of aromatic nitrogens is 1. The normalized spacial score (nSPS) is 10.7. The van der Waals surface area contributed by atoms with Crippen LogP contribution >= 0.6 is 15.9 Å². The van der Waals surface area contributed by atoms with Crippen molar-refractivity contribution in [1.82, 2.24) is 15.2 Å². The monoisotopic (exact) mass is 314 g/mol. The summed E-state index contributed by atoms with van der Waals surface area (Å²) >= 11 is 3.30. The second kappa shape index (κ2) is 8.18. The first-order valence-electron chi connectivity index (χ1n) is 5.86. The van der Waals surface area contributed by atoms with Gasteiger partial charge in [0.15, 0.2) is 0 Å². The van der Waals surface area contributed by atoms with E-state index in [1.165, 1.54) is 0 Å². The minimum Gasteiger partial charge on any atom is -0.320 e. The maximum Gasteiger partial charge on any atom is 0.239 e. The molecular weight excluding hydrogens is 296 g/mol. The van der Waals surface area contributed by atoms with Gasteiger partial charge in [-0.15, -0.1) is 0 Å². The van der Waals surface area contributed by atoms with Gasteiger partial charge in [-0.1, -0.05) is 0 Å². The van der Waals surface area contributed by atoms with Crippen LogP contribution in [-0.2, 0) is 4.79 Å². The number of carbonyl (C=O) groups is 1. The molecule has 0 atom stereocenters. The van der Waals surface area contributed by atoms with Gasteiger partial charge in [-0.25, -0.2) is 4.98 Å². The molecule has 0 saturated heterocycles. The Labute approximate surface area is 116 Å². The fraction of sp³-hybridized carbons (Fsp3) is 0.500. The molecule has 6 heteroatoms. The predicted octanol–water partition coefficient (Wildman–Crippen LogP) is 1.32. The number of carbonyl (C=O) groups excluding carboxylic acids is 1. The number of likely N-dealkylation sites (N-methyl/N-ethyl adjacent to an activating group) is 1. The van der Waals surface area contributed by atoms with Crippen LogP contribution in [0.1, 0.15) is 6.42 Å². The van der Waals surface area contributed by atoms with Gasteiger partial charge in [-0.3, -0.25) is 9.69 Å². The average Bonchev–Trinajstić information content (AvgIpc) is 2.32. The molecule has 0 bridgehead atoms. The lowest BCUT2D eigenvalue weighted by atomic mass is 10.4. The van der Waals surface area contributed by atoms with Crippen LogP contribution in [0.25, 0.3) is 0 Å². The molecule has 1 heterocycles. The minimum absolute atomic E-state index is 0.0446. The first kappa shape index (κ1) is 15.1. The fourth-order valence-corrected chi connectivity index (χ4v) is 1.72. The van der Waals surface area contributed by atoms with Crippen molar-refractivity contribution in [2.45, 2.75) is 6.42 Å². The summed E-state index contributed by atoms with van der Waals surface area (Å²) < 4.78 is 0.893. The van der Waals surface area contributed by atoms with Crippen LogP contribution in [0, 0.1) is 0 Å². The second-order valence-electron chi connectivity index (χ2n) is 4.10. The Bertz CT molecular complexity index is 369. The van der Waals surface area contributed by atoms with Gasteiger partial charge in [-0.05, 0) is 61.7 Å². The Morgan fingerprint density at radius 1 is 1.50 bits per heavy atom. The van der Waals surface area contributed by atoms with Crippen LogP contribution in [0.3, 0.4) is 0 Å². The molecule has 1 aromatic rings. The summed E-state index contributed by atoms with van der Waals surface area (Å²) in [5.41, 5.74) is 0. The number of halogens is 1. The predicted molar refractivity (Wildman–Crippen MR) is 76.6 cm³/mol. The van der Waals surface area contributed by atoms with E-state index in [0.717, 1.165) is 24.0 Å². The molecule has 5 nitrogen and oxygen atoms in total. The summed E-state index contributed by atoms with van der Waals surface area (Å²) in [6.07, 6.45) is 2.68. The third-order valence-electron chi connectivity index (χ3n) is 2.38. The van der Waals surface area contributed by atoms with Gasteiger partial charge < -0.3 is 10.6 Å². The number of nitrogens with zero attached hydrogens (tertiary/aromatic N) is 2. The van der Waals surface area contributed by atoms with Crippen LogP contribution in [0.5, 0.6) is 0 Å². The van der Waals surface area contributed by atoms with E-state index >= 15 is 0 Å². The Morgan fingerprint density at radius 2 is 2.28 bits per heavy atom. The fourth-order valence-electron chi connectivity index (χ4n) is 1.48. The summed E-state index contributed by atoms with van der Waals surface area (Å²) in [6.45, 7) is 2.23. The molecule has 1 rings (SSSR count). The number of pyridine rings is 1. The highest BCUT2D eigenvalue weighted by atomic mass is 79.9. The van der Waals surface area contributed by atoms with E-state index in [1.54, 1.807) is 12.3 Å². The van der Waals surface area contributed by atoms with Gasteiger partial charge in [0.2, 0.25) is 5.91 Å². The molecule has 0 unspecified atom stereocenters. The van der Waals surface area contributed by atoms with Crippen molar-refractivity contribution in [3.8, 4) is 0 Å². The largest absolute Gasteiger partial charge is 0.320 e. The van der Waals surface area contributed by atoms with Crippen LogP contribution < -0.4 is 10.6 Å². The molecule has 0 aliphatic heterocycles. The van der Waals surface area contributed by atoms with E-state index in [9.17, 15) is 4.79 Å². The van der Waals surface area contributed by atoms with Crippen LogP contribution in [0.15, 0.2) is 22.8 Å². The molecule has 0 radical (unpaired) electrons. The lowest BCUT2D eigenvalue weighted by Gasteiger charge is -2.15. The van der Waals surface area contributed by atoms with E-state index in [2.05, 4.69) is 31.5 Å². The molecule has 100 valence electrons. The van der Waals surface area contributed by atoms with Crippen molar-refractivity contribution >= 4 is 27.7 Å². The quantitative estimate of drug-likeness (QED) is 0.745. The van der Waals surface area contributed by atoms with Gasteiger partial charge >= 0.3 is 0 Å². The van der Waals surface area contributed by atoms with Crippen molar-refractivity contribution < 1.29 is 4.79 Å². The van der Waals surface area contributed by atoms with Crippen molar-refractivity contribution in [3.05, 3.63) is 22.8 Å². The zero-order chi connectivity index (χ0) is 13.4.